The zero-order valence-corrected chi connectivity index (χ0v) is 22.5. The Kier molecular flexibility index (Phi) is 9.80. The van der Waals surface area contributed by atoms with Crippen LogP contribution in [0.3, 0.4) is 0 Å². The van der Waals surface area contributed by atoms with Crippen molar-refractivity contribution < 1.29 is 28.9 Å². The van der Waals surface area contributed by atoms with Crippen LogP contribution >= 0.6 is 0 Å². The number of hydrogen-bond acceptors (Lipinski definition) is 6. The minimum atomic E-state index is -1.01. The summed E-state index contributed by atoms with van der Waals surface area (Å²) >= 11 is 0. The SMILES string of the molecule is COc1ccc(CC[C@@H](NC(=O)C2CCCCN2)c2cccc(OC(C(=O)O)C(C)(C)C)c2)cc1OC. The molecule has 3 rings (SSSR count). The molecule has 8 heteroatoms. The van der Waals surface area contributed by atoms with Gasteiger partial charge in [-0.25, -0.2) is 4.79 Å². The summed E-state index contributed by atoms with van der Waals surface area (Å²) < 4.78 is 16.7. The van der Waals surface area contributed by atoms with Crippen molar-refractivity contribution in [3.8, 4) is 17.2 Å². The van der Waals surface area contributed by atoms with E-state index in [0.29, 0.717) is 30.1 Å². The van der Waals surface area contributed by atoms with Crippen molar-refractivity contribution >= 4 is 11.9 Å². The molecule has 2 unspecified atom stereocenters. The molecule has 2 aromatic rings. The number of ether oxygens (including phenoxy) is 3. The van der Waals surface area contributed by atoms with E-state index in [0.717, 1.165) is 36.9 Å². The van der Waals surface area contributed by atoms with Gasteiger partial charge in [0, 0.05) is 5.41 Å². The number of carboxylic acid groups (broad SMARTS) is 1. The second-order valence-electron chi connectivity index (χ2n) is 10.6. The normalized spacial score (nSPS) is 17.4. The Labute approximate surface area is 219 Å². The Bertz CT molecular complexity index is 1060. The molecule has 3 atom stereocenters. The lowest BCUT2D eigenvalue weighted by atomic mass is 9.89. The maximum Gasteiger partial charge on any atom is 0.345 e. The number of aliphatic carboxylic acids is 1. The van der Waals surface area contributed by atoms with Crippen molar-refractivity contribution in [2.75, 3.05) is 20.8 Å². The van der Waals surface area contributed by atoms with Crippen molar-refractivity contribution in [2.45, 2.75) is 71.1 Å². The minimum Gasteiger partial charge on any atom is -0.493 e. The Morgan fingerprint density at radius 2 is 1.84 bits per heavy atom. The third-order valence-electron chi connectivity index (χ3n) is 6.64. The lowest BCUT2D eigenvalue weighted by Gasteiger charge is -2.29. The predicted molar refractivity (Wildman–Crippen MR) is 142 cm³/mol. The molecule has 8 nitrogen and oxygen atoms in total. The molecule has 37 heavy (non-hydrogen) atoms. The van der Waals surface area contributed by atoms with Gasteiger partial charge < -0.3 is 30.0 Å². The van der Waals surface area contributed by atoms with Gasteiger partial charge in [-0.2, -0.15) is 0 Å². The number of methoxy groups -OCH3 is 2. The van der Waals surface area contributed by atoms with Gasteiger partial charge in [0.25, 0.3) is 0 Å². The molecule has 0 aromatic heterocycles. The van der Waals surface area contributed by atoms with Crippen LogP contribution in [0.4, 0.5) is 0 Å². The first-order chi connectivity index (χ1) is 17.6. The molecule has 1 aliphatic rings. The van der Waals surface area contributed by atoms with Crippen molar-refractivity contribution in [3.63, 3.8) is 0 Å². The summed E-state index contributed by atoms with van der Waals surface area (Å²) in [5.41, 5.74) is 1.33. The highest BCUT2D eigenvalue weighted by Crippen LogP contribution is 2.31. The average Bonchev–Trinajstić information content (AvgIpc) is 2.89. The largest absolute Gasteiger partial charge is 0.493 e. The summed E-state index contributed by atoms with van der Waals surface area (Å²) in [6, 6.07) is 12.7. The van der Waals surface area contributed by atoms with Crippen LogP contribution in [-0.4, -0.2) is 49.9 Å². The third-order valence-corrected chi connectivity index (χ3v) is 6.64. The standard InChI is InChI=1S/C29H40N2O6/c1-29(2,3)26(28(33)34)37-21-10-8-9-20(18-21)22(31-27(32)23-11-6-7-16-30-23)14-12-19-13-15-24(35-4)25(17-19)36-5/h8-10,13,15,17-18,22-23,26,30H,6-7,11-12,14,16H2,1-5H3,(H,31,32)(H,33,34)/t22-,23?,26?/m1/s1. The second-order valence-corrected chi connectivity index (χ2v) is 10.6. The number of rotatable bonds is 11. The monoisotopic (exact) mass is 512 g/mol. The van der Waals surface area contributed by atoms with E-state index < -0.39 is 17.5 Å². The zero-order valence-electron chi connectivity index (χ0n) is 22.5. The summed E-state index contributed by atoms with van der Waals surface area (Å²) in [7, 11) is 3.21. The molecule has 1 heterocycles. The molecule has 0 aliphatic carbocycles. The lowest BCUT2D eigenvalue weighted by molar-refractivity contribution is -0.150. The summed E-state index contributed by atoms with van der Waals surface area (Å²) in [6.45, 7) is 6.33. The molecular formula is C29H40N2O6. The minimum absolute atomic E-state index is 0.0264. The zero-order chi connectivity index (χ0) is 27.0. The van der Waals surface area contributed by atoms with E-state index in [4.69, 9.17) is 14.2 Å². The van der Waals surface area contributed by atoms with Crippen LogP contribution in [0.1, 0.15) is 63.6 Å². The van der Waals surface area contributed by atoms with Crippen LogP contribution in [0.2, 0.25) is 0 Å². The first-order valence-electron chi connectivity index (χ1n) is 12.9. The Balaban J connectivity index is 1.84. The van der Waals surface area contributed by atoms with Gasteiger partial charge in [0.2, 0.25) is 5.91 Å². The van der Waals surface area contributed by atoms with Crippen molar-refractivity contribution in [3.05, 3.63) is 53.6 Å². The van der Waals surface area contributed by atoms with Gasteiger partial charge in [0.15, 0.2) is 17.6 Å². The number of piperidine rings is 1. The second kappa shape index (κ2) is 12.8. The van der Waals surface area contributed by atoms with Crippen molar-refractivity contribution in [1.82, 2.24) is 10.6 Å². The van der Waals surface area contributed by atoms with Crippen LogP contribution < -0.4 is 24.8 Å². The molecule has 0 radical (unpaired) electrons. The Morgan fingerprint density at radius 3 is 2.46 bits per heavy atom. The van der Waals surface area contributed by atoms with Gasteiger partial charge >= 0.3 is 5.97 Å². The highest BCUT2D eigenvalue weighted by Gasteiger charge is 2.33. The van der Waals surface area contributed by atoms with Crippen LogP contribution in [0.5, 0.6) is 17.2 Å². The van der Waals surface area contributed by atoms with E-state index in [2.05, 4.69) is 10.6 Å². The number of benzene rings is 2. The van der Waals surface area contributed by atoms with Gasteiger partial charge in [-0.15, -0.1) is 0 Å². The van der Waals surface area contributed by atoms with E-state index in [1.807, 2.05) is 57.2 Å². The Morgan fingerprint density at radius 1 is 1.08 bits per heavy atom. The highest BCUT2D eigenvalue weighted by molar-refractivity contribution is 5.82. The fraction of sp³-hybridized carbons (Fsp3) is 0.517. The third kappa shape index (κ3) is 7.86. The van der Waals surface area contributed by atoms with Gasteiger partial charge in [-0.3, -0.25) is 4.79 Å². The average molecular weight is 513 g/mol. The molecule has 0 saturated carbocycles. The number of aryl methyl sites for hydroxylation is 1. The fourth-order valence-corrected chi connectivity index (χ4v) is 4.56. The van der Waals surface area contributed by atoms with E-state index in [-0.39, 0.29) is 18.0 Å². The summed E-state index contributed by atoms with van der Waals surface area (Å²) in [5, 5.41) is 16.2. The summed E-state index contributed by atoms with van der Waals surface area (Å²) in [4.78, 5) is 25.0. The smallest absolute Gasteiger partial charge is 0.345 e. The number of carboxylic acids is 1. The fourth-order valence-electron chi connectivity index (χ4n) is 4.56. The Hall–Kier alpha value is -3.26. The van der Waals surface area contributed by atoms with E-state index in [1.165, 1.54) is 0 Å². The number of carbonyl (C=O) groups is 2. The van der Waals surface area contributed by atoms with Crippen molar-refractivity contribution in [2.24, 2.45) is 5.41 Å². The van der Waals surface area contributed by atoms with E-state index in [9.17, 15) is 14.7 Å². The molecule has 0 spiro atoms. The number of carbonyl (C=O) groups excluding carboxylic acids is 1. The van der Waals surface area contributed by atoms with Gasteiger partial charge in [0.05, 0.1) is 26.3 Å². The highest BCUT2D eigenvalue weighted by atomic mass is 16.5. The molecule has 0 bridgehead atoms. The molecular weight excluding hydrogens is 472 g/mol. The van der Waals surface area contributed by atoms with Gasteiger partial charge in [0.1, 0.15) is 5.75 Å². The first kappa shape index (κ1) is 28.3. The van der Waals surface area contributed by atoms with Crippen LogP contribution in [-0.2, 0) is 16.0 Å². The summed E-state index contributed by atoms with van der Waals surface area (Å²) in [6.07, 6.45) is 3.23. The molecule has 1 saturated heterocycles. The first-order valence-corrected chi connectivity index (χ1v) is 12.9. The molecule has 2 aromatic carbocycles. The topological polar surface area (TPSA) is 106 Å². The van der Waals surface area contributed by atoms with Crippen molar-refractivity contribution in [1.29, 1.82) is 0 Å². The van der Waals surface area contributed by atoms with E-state index in [1.54, 1.807) is 20.3 Å². The summed E-state index contributed by atoms with van der Waals surface area (Å²) in [5.74, 6) is 0.738. The number of hydrogen-bond donors (Lipinski definition) is 3. The lowest BCUT2D eigenvalue weighted by Crippen LogP contribution is -2.47. The molecule has 1 amide bonds. The quantitative estimate of drug-likeness (QED) is 0.407. The number of amides is 1. The van der Waals surface area contributed by atoms with Gasteiger partial charge in [-0.1, -0.05) is 45.4 Å². The molecule has 202 valence electrons. The molecule has 1 aliphatic heterocycles. The van der Waals surface area contributed by atoms with E-state index >= 15 is 0 Å². The van der Waals surface area contributed by atoms with Gasteiger partial charge in [-0.05, 0) is 67.6 Å². The molecule has 3 N–H and O–H groups in total. The predicted octanol–water partition coefficient (Wildman–Crippen LogP) is 4.51. The number of nitrogens with one attached hydrogen (secondary N) is 2. The molecule has 1 fully saturated rings. The van der Waals surface area contributed by atoms with Crippen LogP contribution in [0.25, 0.3) is 0 Å². The van der Waals surface area contributed by atoms with Crippen LogP contribution in [0, 0.1) is 5.41 Å². The maximum atomic E-state index is 13.1. The van der Waals surface area contributed by atoms with Crippen LogP contribution in [0.15, 0.2) is 42.5 Å². The maximum absolute atomic E-state index is 13.1.